The lowest BCUT2D eigenvalue weighted by Crippen LogP contribution is -2.48. The third kappa shape index (κ3) is 2.44. The number of rotatable bonds is 2. The van der Waals surface area contributed by atoms with E-state index in [0.29, 0.717) is 11.6 Å². The van der Waals surface area contributed by atoms with Crippen molar-refractivity contribution < 1.29 is 4.74 Å². The highest BCUT2D eigenvalue weighted by Crippen LogP contribution is 2.28. The SMILES string of the molecule is CN1CCCC(C)(Oc2ncccc2N)C1. The molecule has 0 saturated carbocycles. The first-order valence-corrected chi connectivity index (χ1v) is 5.67. The van der Waals surface area contributed by atoms with Gasteiger partial charge in [0.05, 0.1) is 5.69 Å². The van der Waals surface area contributed by atoms with Crippen molar-refractivity contribution >= 4 is 5.69 Å². The number of likely N-dealkylation sites (tertiary alicyclic amines) is 1. The van der Waals surface area contributed by atoms with Gasteiger partial charge in [0.1, 0.15) is 5.60 Å². The van der Waals surface area contributed by atoms with Crippen molar-refractivity contribution in [2.75, 3.05) is 25.9 Å². The van der Waals surface area contributed by atoms with Crippen LogP contribution in [-0.2, 0) is 0 Å². The van der Waals surface area contributed by atoms with Gasteiger partial charge in [-0.05, 0) is 45.5 Å². The third-order valence-electron chi connectivity index (χ3n) is 2.99. The van der Waals surface area contributed by atoms with E-state index in [-0.39, 0.29) is 5.60 Å². The van der Waals surface area contributed by atoms with Gasteiger partial charge in [0, 0.05) is 12.7 Å². The molecule has 1 aromatic rings. The largest absolute Gasteiger partial charge is 0.469 e. The zero-order valence-electron chi connectivity index (χ0n) is 9.94. The van der Waals surface area contributed by atoms with E-state index in [4.69, 9.17) is 10.5 Å². The van der Waals surface area contributed by atoms with Crippen molar-refractivity contribution in [3.05, 3.63) is 18.3 Å². The summed E-state index contributed by atoms with van der Waals surface area (Å²) in [4.78, 5) is 6.46. The van der Waals surface area contributed by atoms with E-state index >= 15 is 0 Å². The van der Waals surface area contributed by atoms with E-state index in [2.05, 4.69) is 23.9 Å². The minimum Gasteiger partial charge on any atom is -0.469 e. The number of ether oxygens (including phenoxy) is 1. The third-order valence-corrected chi connectivity index (χ3v) is 2.99. The van der Waals surface area contributed by atoms with E-state index in [9.17, 15) is 0 Å². The Bertz CT molecular complexity index is 369. The van der Waals surface area contributed by atoms with Gasteiger partial charge >= 0.3 is 0 Å². The zero-order chi connectivity index (χ0) is 11.6. The summed E-state index contributed by atoms with van der Waals surface area (Å²) < 4.78 is 5.97. The first-order valence-electron chi connectivity index (χ1n) is 5.67. The average Bonchev–Trinajstić information content (AvgIpc) is 2.21. The summed E-state index contributed by atoms with van der Waals surface area (Å²) >= 11 is 0. The van der Waals surface area contributed by atoms with E-state index in [1.165, 1.54) is 0 Å². The molecule has 1 fully saturated rings. The Kier molecular flexibility index (Phi) is 3.01. The molecule has 0 spiro atoms. The maximum absolute atomic E-state index is 5.97. The van der Waals surface area contributed by atoms with Crippen LogP contribution in [0.3, 0.4) is 0 Å². The topological polar surface area (TPSA) is 51.4 Å². The maximum atomic E-state index is 5.97. The molecule has 0 bridgehead atoms. The Morgan fingerprint density at radius 1 is 1.56 bits per heavy atom. The molecule has 1 aromatic heterocycles. The second-order valence-electron chi connectivity index (χ2n) is 4.79. The van der Waals surface area contributed by atoms with Crippen molar-refractivity contribution in [2.45, 2.75) is 25.4 Å². The van der Waals surface area contributed by atoms with Crippen LogP contribution in [0.15, 0.2) is 18.3 Å². The average molecular weight is 221 g/mol. The van der Waals surface area contributed by atoms with Crippen LogP contribution in [0.4, 0.5) is 5.69 Å². The Hall–Kier alpha value is -1.29. The molecule has 0 aromatic carbocycles. The number of likely N-dealkylation sites (N-methyl/N-ethyl adjacent to an activating group) is 1. The van der Waals surface area contributed by atoms with Crippen LogP contribution in [0.2, 0.25) is 0 Å². The van der Waals surface area contributed by atoms with Crippen LogP contribution >= 0.6 is 0 Å². The molecule has 1 unspecified atom stereocenters. The summed E-state index contributed by atoms with van der Waals surface area (Å²) in [5.41, 5.74) is 6.27. The summed E-state index contributed by atoms with van der Waals surface area (Å²) in [5, 5.41) is 0. The Morgan fingerprint density at radius 2 is 2.38 bits per heavy atom. The molecule has 1 aliphatic heterocycles. The summed E-state index contributed by atoms with van der Waals surface area (Å²) in [5.74, 6) is 0.556. The first-order chi connectivity index (χ1) is 7.59. The fraction of sp³-hybridized carbons (Fsp3) is 0.583. The summed E-state index contributed by atoms with van der Waals surface area (Å²) in [6.45, 7) is 4.18. The second-order valence-corrected chi connectivity index (χ2v) is 4.79. The van der Waals surface area contributed by atoms with Gasteiger partial charge in [-0.1, -0.05) is 0 Å². The molecule has 1 aliphatic rings. The highest BCUT2D eigenvalue weighted by Gasteiger charge is 2.32. The van der Waals surface area contributed by atoms with Gasteiger partial charge in [0.15, 0.2) is 0 Å². The lowest BCUT2D eigenvalue weighted by molar-refractivity contribution is 0.0127. The van der Waals surface area contributed by atoms with Crippen LogP contribution in [0, 0.1) is 0 Å². The zero-order valence-corrected chi connectivity index (χ0v) is 9.94. The fourth-order valence-corrected chi connectivity index (χ4v) is 2.26. The number of anilines is 1. The minimum atomic E-state index is -0.171. The Labute approximate surface area is 96.4 Å². The molecule has 2 heterocycles. The van der Waals surface area contributed by atoms with E-state index in [1.54, 1.807) is 6.20 Å². The normalized spacial score (nSPS) is 26.6. The lowest BCUT2D eigenvalue weighted by atomic mass is 9.95. The number of piperidine rings is 1. The van der Waals surface area contributed by atoms with E-state index in [1.807, 2.05) is 12.1 Å². The number of aromatic nitrogens is 1. The lowest BCUT2D eigenvalue weighted by Gasteiger charge is -2.38. The first kappa shape index (κ1) is 11.2. The minimum absolute atomic E-state index is 0.171. The van der Waals surface area contributed by atoms with Gasteiger partial charge in [-0.3, -0.25) is 0 Å². The highest BCUT2D eigenvalue weighted by atomic mass is 16.5. The molecule has 1 saturated heterocycles. The van der Waals surface area contributed by atoms with Gasteiger partial charge in [0.25, 0.3) is 0 Å². The van der Waals surface area contributed by atoms with Crippen molar-refractivity contribution in [3.63, 3.8) is 0 Å². The number of pyridine rings is 1. The van der Waals surface area contributed by atoms with E-state index < -0.39 is 0 Å². The predicted molar refractivity (Wildman–Crippen MR) is 64.4 cm³/mol. The standard InChI is InChI=1S/C12H19N3O/c1-12(6-4-8-15(2)9-12)16-11-10(13)5-3-7-14-11/h3,5,7H,4,6,8-9,13H2,1-2H3. The van der Waals surface area contributed by atoms with Gasteiger partial charge in [-0.25, -0.2) is 4.98 Å². The monoisotopic (exact) mass is 221 g/mol. The van der Waals surface area contributed by atoms with Crippen LogP contribution < -0.4 is 10.5 Å². The molecule has 2 N–H and O–H groups in total. The van der Waals surface area contributed by atoms with Crippen LogP contribution in [0.5, 0.6) is 5.88 Å². The predicted octanol–water partition coefficient (Wildman–Crippen LogP) is 1.53. The van der Waals surface area contributed by atoms with Gasteiger partial charge in [-0.2, -0.15) is 0 Å². The molecule has 4 heteroatoms. The van der Waals surface area contributed by atoms with Gasteiger partial charge < -0.3 is 15.4 Å². The van der Waals surface area contributed by atoms with Crippen LogP contribution in [0.25, 0.3) is 0 Å². The van der Waals surface area contributed by atoms with Crippen LogP contribution in [0.1, 0.15) is 19.8 Å². The summed E-state index contributed by atoms with van der Waals surface area (Å²) in [7, 11) is 2.11. The number of nitrogens with two attached hydrogens (primary N) is 1. The molecule has 16 heavy (non-hydrogen) atoms. The number of nitrogen functional groups attached to an aromatic ring is 1. The van der Waals surface area contributed by atoms with Crippen molar-refractivity contribution in [3.8, 4) is 5.88 Å². The Morgan fingerprint density at radius 3 is 3.06 bits per heavy atom. The van der Waals surface area contributed by atoms with Crippen molar-refractivity contribution in [1.29, 1.82) is 0 Å². The smallest absolute Gasteiger partial charge is 0.237 e. The Balaban J connectivity index is 2.11. The van der Waals surface area contributed by atoms with Gasteiger partial charge in [0.2, 0.25) is 5.88 Å². The molecule has 0 aliphatic carbocycles. The number of hydrogen-bond acceptors (Lipinski definition) is 4. The fourth-order valence-electron chi connectivity index (χ4n) is 2.26. The molecule has 0 radical (unpaired) electrons. The van der Waals surface area contributed by atoms with Crippen molar-refractivity contribution in [2.24, 2.45) is 0 Å². The molecule has 4 nitrogen and oxygen atoms in total. The number of hydrogen-bond donors (Lipinski definition) is 1. The molecule has 2 rings (SSSR count). The molecule has 88 valence electrons. The quantitative estimate of drug-likeness (QED) is 0.822. The van der Waals surface area contributed by atoms with Crippen molar-refractivity contribution in [1.82, 2.24) is 9.88 Å². The molecule has 1 atom stereocenters. The van der Waals surface area contributed by atoms with Crippen LogP contribution in [-0.4, -0.2) is 35.6 Å². The molecular formula is C12H19N3O. The second kappa shape index (κ2) is 4.29. The summed E-state index contributed by atoms with van der Waals surface area (Å²) in [6, 6.07) is 3.63. The van der Waals surface area contributed by atoms with E-state index in [0.717, 1.165) is 25.9 Å². The number of nitrogens with zero attached hydrogens (tertiary/aromatic N) is 2. The maximum Gasteiger partial charge on any atom is 0.237 e. The molecular weight excluding hydrogens is 202 g/mol. The molecule has 0 amide bonds. The van der Waals surface area contributed by atoms with Gasteiger partial charge in [-0.15, -0.1) is 0 Å². The summed E-state index contributed by atoms with van der Waals surface area (Å²) in [6.07, 6.45) is 3.91. The highest BCUT2D eigenvalue weighted by molar-refractivity contribution is 5.47.